The van der Waals surface area contributed by atoms with E-state index in [1.54, 1.807) is 6.92 Å². The van der Waals surface area contributed by atoms with Crippen LogP contribution in [0.5, 0.6) is 0 Å². The van der Waals surface area contributed by atoms with Gasteiger partial charge in [-0.25, -0.2) is 21.6 Å². The van der Waals surface area contributed by atoms with E-state index in [1.807, 2.05) is 0 Å². The van der Waals surface area contributed by atoms with Gasteiger partial charge in [0, 0.05) is 19.6 Å². The summed E-state index contributed by atoms with van der Waals surface area (Å²) in [5, 5.41) is 3.16. The van der Waals surface area contributed by atoms with Crippen LogP contribution in [-0.2, 0) is 20.0 Å². The van der Waals surface area contributed by atoms with E-state index >= 15 is 0 Å². The molecule has 0 spiro atoms. The monoisotopic (exact) mass is 347 g/mol. The first kappa shape index (κ1) is 17.4. The molecule has 1 aliphatic heterocycles. The fourth-order valence-electron chi connectivity index (χ4n) is 2.40. The molecule has 2 N–H and O–H groups in total. The summed E-state index contributed by atoms with van der Waals surface area (Å²) in [6.45, 7) is 3.88. The van der Waals surface area contributed by atoms with Gasteiger partial charge in [0.15, 0.2) is 0 Å². The molecule has 0 aliphatic carbocycles. The van der Waals surface area contributed by atoms with E-state index in [9.17, 15) is 16.8 Å². The maximum atomic E-state index is 12.7. The summed E-state index contributed by atoms with van der Waals surface area (Å²) >= 11 is 0. The van der Waals surface area contributed by atoms with Crippen molar-refractivity contribution in [3.63, 3.8) is 0 Å². The number of sulfonamides is 2. The summed E-state index contributed by atoms with van der Waals surface area (Å²) in [4.78, 5) is 0.216. The molecule has 7 nitrogen and oxygen atoms in total. The molecule has 0 atom stereocenters. The Bertz CT molecular complexity index is 737. The molecule has 1 fully saturated rings. The molecule has 1 aromatic carbocycles. The number of nitrogens with one attached hydrogen (secondary N) is 2. The van der Waals surface area contributed by atoms with Crippen LogP contribution < -0.4 is 10.0 Å². The average molecular weight is 347 g/mol. The molecule has 0 radical (unpaired) electrons. The molecule has 2 rings (SSSR count). The van der Waals surface area contributed by atoms with Crippen molar-refractivity contribution in [2.75, 3.05) is 33.2 Å². The molecule has 0 aromatic heterocycles. The summed E-state index contributed by atoms with van der Waals surface area (Å²) in [6.07, 6.45) is 0.754. The first-order valence-corrected chi connectivity index (χ1v) is 9.96. The molecule has 1 saturated heterocycles. The minimum Gasteiger partial charge on any atom is -0.315 e. The zero-order valence-electron chi connectivity index (χ0n) is 12.7. The van der Waals surface area contributed by atoms with Crippen molar-refractivity contribution in [3.05, 3.63) is 23.8 Å². The second-order valence-corrected chi connectivity index (χ2v) is 8.94. The van der Waals surface area contributed by atoms with Crippen LogP contribution in [0.2, 0.25) is 0 Å². The molecule has 0 bridgehead atoms. The number of rotatable bonds is 4. The van der Waals surface area contributed by atoms with Crippen molar-refractivity contribution in [1.29, 1.82) is 0 Å². The molecule has 0 amide bonds. The molecule has 0 unspecified atom stereocenters. The van der Waals surface area contributed by atoms with Crippen LogP contribution in [0, 0.1) is 6.92 Å². The fourth-order valence-corrected chi connectivity index (χ4v) is 4.92. The quantitative estimate of drug-likeness (QED) is 0.792. The van der Waals surface area contributed by atoms with Gasteiger partial charge in [-0.2, -0.15) is 4.31 Å². The SMILES string of the molecule is CNS(=O)(=O)c1ccc(S(=O)(=O)N2CCCNCC2)cc1C. The summed E-state index contributed by atoms with van der Waals surface area (Å²) in [7, 11) is -5.87. The highest BCUT2D eigenvalue weighted by molar-refractivity contribution is 7.89. The van der Waals surface area contributed by atoms with Crippen LogP contribution in [0.25, 0.3) is 0 Å². The molecule has 1 aromatic rings. The predicted octanol–water partition coefficient (Wildman–Crippen LogP) is -0.113. The van der Waals surface area contributed by atoms with Crippen LogP contribution in [-0.4, -0.2) is 54.4 Å². The van der Waals surface area contributed by atoms with Gasteiger partial charge in [-0.15, -0.1) is 0 Å². The Labute approximate surface area is 131 Å². The number of hydrogen-bond acceptors (Lipinski definition) is 5. The highest BCUT2D eigenvalue weighted by Gasteiger charge is 2.26. The van der Waals surface area contributed by atoms with Gasteiger partial charge in [0.05, 0.1) is 9.79 Å². The highest BCUT2D eigenvalue weighted by atomic mass is 32.2. The van der Waals surface area contributed by atoms with Gasteiger partial charge in [0.1, 0.15) is 0 Å². The molecule has 1 aliphatic rings. The van der Waals surface area contributed by atoms with E-state index < -0.39 is 20.0 Å². The van der Waals surface area contributed by atoms with Crippen LogP contribution in [0.4, 0.5) is 0 Å². The topological polar surface area (TPSA) is 95.6 Å². The molecule has 0 saturated carbocycles. The Morgan fingerprint density at radius 3 is 2.50 bits per heavy atom. The lowest BCUT2D eigenvalue weighted by molar-refractivity contribution is 0.432. The Morgan fingerprint density at radius 1 is 1.14 bits per heavy atom. The lowest BCUT2D eigenvalue weighted by Crippen LogP contribution is -2.34. The highest BCUT2D eigenvalue weighted by Crippen LogP contribution is 2.22. The van der Waals surface area contributed by atoms with Gasteiger partial charge in [0.2, 0.25) is 20.0 Å². The third-order valence-corrected chi connectivity index (χ3v) is 7.11. The Balaban J connectivity index is 2.38. The molecule has 22 heavy (non-hydrogen) atoms. The van der Waals surface area contributed by atoms with Crippen molar-refractivity contribution in [3.8, 4) is 0 Å². The summed E-state index contributed by atoms with van der Waals surface area (Å²) in [6, 6.07) is 4.10. The summed E-state index contributed by atoms with van der Waals surface area (Å²) in [5.74, 6) is 0. The van der Waals surface area contributed by atoms with E-state index in [0.717, 1.165) is 13.0 Å². The van der Waals surface area contributed by atoms with Gasteiger partial charge in [0.25, 0.3) is 0 Å². The second kappa shape index (κ2) is 6.63. The van der Waals surface area contributed by atoms with Crippen LogP contribution in [0.1, 0.15) is 12.0 Å². The maximum absolute atomic E-state index is 12.7. The lowest BCUT2D eigenvalue weighted by Gasteiger charge is -2.20. The first-order chi connectivity index (χ1) is 10.3. The molecule has 9 heteroatoms. The largest absolute Gasteiger partial charge is 0.315 e. The smallest absolute Gasteiger partial charge is 0.243 e. The normalized spacial score (nSPS) is 18.1. The van der Waals surface area contributed by atoms with Crippen LogP contribution in [0.3, 0.4) is 0 Å². The first-order valence-electron chi connectivity index (χ1n) is 7.04. The van der Waals surface area contributed by atoms with Gasteiger partial charge < -0.3 is 5.32 Å². The van der Waals surface area contributed by atoms with Crippen LogP contribution >= 0.6 is 0 Å². The number of nitrogens with zero attached hydrogens (tertiary/aromatic N) is 1. The average Bonchev–Trinajstić information content (AvgIpc) is 2.76. The summed E-state index contributed by atoms with van der Waals surface area (Å²) in [5.41, 5.74) is 0.406. The molecule has 124 valence electrons. The van der Waals surface area contributed by atoms with Crippen molar-refractivity contribution in [2.45, 2.75) is 23.1 Å². The minimum absolute atomic E-state index is 0.0893. The zero-order valence-corrected chi connectivity index (χ0v) is 14.3. The van der Waals surface area contributed by atoms with Crippen molar-refractivity contribution < 1.29 is 16.8 Å². The molecule has 1 heterocycles. The third kappa shape index (κ3) is 3.49. The Kier molecular flexibility index (Phi) is 5.23. The number of hydrogen-bond donors (Lipinski definition) is 2. The number of aryl methyl sites for hydroxylation is 1. The van der Waals surface area contributed by atoms with Gasteiger partial charge in [-0.05, 0) is 50.7 Å². The van der Waals surface area contributed by atoms with E-state index in [1.165, 1.54) is 29.6 Å². The van der Waals surface area contributed by atoms with Gasteiger partial charge in [-0.1, -0.05) is 0 Å². The van der Waals surface area contributed by atoms with Crippen molar-refractivity contribution >= 4 is 20.0 Å². The molecular formula is C13H21N3O4S2. The molecular weight excluding hydrogens is 326 g/mol. The van der Waals surface area contributed by atoms with E-state index in [2.05, 4.69) is 10.0 Å². The predicted molar refractivity (Wildman–Crippen MR) is 83.7 cm³/mol. The summed E-state index contributed by atoms with van der Waals surface area (Å²) < 4.78 is 52.7. The Morgan fingerprint density at radius 2 is 1.86 bits per heavy atom. The standard InChI is InChI=1S/C13H21N3O4S2/c1-11-10-12(4-5-13(11)21(17,18)14-2)22(19,20)16-8-3-6-15-7-9-16/h4-5,10,14-15H,3,6-9H2,1-2H3. The van der Waals surface area contributed by atoms with Crippen molar-refractivity contribution in [1.82, 2.24) is 14.3 Å². The van der Waals surface area contributed by atoms with E-state index in [4.69, 9.17) is 0 Å². The number of benzene rings is 1. The maximum Gasteiger partial charge on any atom is 0.243 e. The second-order valence-electron chi connectivity index (χ2n) is 5.14. The van der Waals surface area contributed by atoms with Crippen molar-refractivity contribution in [2.24, 2.45) is 0 Å². The van der Waals surface area contributed by atoms with Gasteiger partial charge in [-0.3, -0.25) is 0 Å². The third-order valence-electron chi connectivity index (χ3n) is 3.64. The fraction of sp³-hybridized carbons (Fsp3) is 0.538. The zero-order chi connectivity index (χ0) is 16.4. The van der Waals surface area contributed by atoms with Crippen LogP contribution in [0.15, 0.2) is 28.0 Å². The van der Waals surface area contributed by atoms with E-state index in [0.29, 0.717) is 25.2 Å². The van der Waals surface area contributed by atoms with Gasteiger partial charge >= 0.3 is 0 Å². The lowest BCUT2D eigenvalue weighted by atomic mass is 10.2. The van der Waals surface area contributed by atoms with E-state index in [-0.39, 0.29) is 9.79 Å². The minimum atomic E-state index is -3.60. The Hall–Kier alpha value is -1.00.